The van der Waals surface area contributed by atoms with Gasteiger partial charge < -0.3 is 30.9 Å². The lowest BCUT2D eigenvalue weighted by molar-refractivity contribution is -0.245. The number of nitrogens with two attached hydrogens (primary N) is 1. The third kappa shape index (κ3) is 11.2. The minimum Gasteiger partial charge on any atom is -0.397 e. The Morgan fingerprint density at radius 3 is 2.36 bits per heavy atom. The molecule has 1 saturated heterocycles. The number of aliphatic hydroxyl groups excluding tert-OH is 1. The highest BCUT2D eigenvalue weighted by Gasteiger charge is 2.32. The highest BCUT2D eigenvalue weighted by molar-refractivity contribution is 8.01. The third-order valence-electron chi connectivity index (χ3n) is 8.97. The van der Waals surface area contributed by atoms with Gasteiger partial charge in [0.2, 0.25) is 11.8 Å². The van der Waals surface area contributed by atoms with Gasteiger partial charge in [0.15, 0.2) is 10.6 Å². The van der Waals surface area contributed by atoms with Crippen LogP contribution in [0.3, 0.4) is 0 Å². The highest BCUT2D eigenvalue weighted by atomic mass is 32.2. The molecule has 1 aliphatic rings. The molecule has 1 aliphatic heterocycles. The minimum atomic E-state index is -0.576. The van der Waals surface area contributed by atoms with Gasteiger partial charge in [0, 0.05) is 37.1 Å². The number of nitrogens with one attached hydrogen (secondary N) is 2. The van der Waals surface area contributed by atoms with E-state index < -0.39 is 6.29 Å². The predicted molar refractivity (Wildman–Crippen MR) is 210 cm³/mol. The summed E-state index contributed by atoms with van der Waals surface area (Å²) in [6.07, 6.45) is 2.83. The SMILES string of the molecule is Cc1nnc(SCC2CC(c3ccc(CO)cc3)OC(c3cccc(-c4cccc(CNC(=O)CCCCCC(=O)Nc5ccccc5N)c4)c3)O2)s1. The first kappa shape index (κ1) is 38.1. The maximum absolute atomic E-state index is 12.6. The molecule has 12 heteroatoms. The van der Waals surface area contributed by atoms with E-state index in [-0.39, 0.29) is 30.6 Å². The number of hydrogen-bond acceptors (Lipinski definition) is 10. The summed E-state index contributed by atoms with van der Waals surface area (Å²) < 4.78 is 14.1. The monoisotopic (exact) mass is 751 g/mol. The number of aromatic nitrogens is 2. The molecule has 0 aliphatic carbocycles. The van der Waals surface area contributed by atoms with Crippen LogP contribution in [0.4, 0.5) is 11.4 Å². The van der Waals surface area contributed by atoms with Crippen LogP contribution in [0.25, 0.3) is 11.1 Å². The number of rotatable bonds is 16. The van der Waals surface area contributed by atoms with E-state index in [9.17, 15) is 14.7 Å². The zero-order valence-corrected chi connectivity index (χ0v) is 31.3. The largest absolute Gasteiger partial charge is 0.397 e. The predicted octanol–water partition coefficient (Wildman–Crippen LogP) is 8.13. The van der Waals surface area contributed by atoms with Crippen molar-refractivity contribution in [2.45, 2.75) is 81.4 Å². The van der Waals surface area contributed by atoms with Gasteiger partial charge in [-0.05, 0) is 71.8 Å². The van der Waals surface area contributed by atoms with Gasteiger partial charge in [-0.3, -0.25) is 9.59 Å². The molecule has 0 saturated carbocycles. The van der Waals surface area contributed by atoms with Crippen molar-refractivity contribution in [1.82, 2.24) is 15.5 Å². The number of anilines is 2. The molecule has 3 unspecified atom stereocenters. The number of ether oxygens (including phenoxy) is 2. The lowest BCUT2D eigenvalue weighted by atomic mass is 9.99. The van der Waals surface area contributed by atoms with Crippen molar-refractivity contribution in [1.29, 1.82) is 0 Å². The van der Waals surface area contributed by atoms with Crippen LogP contribution in [-0.4, -0.2) is 39.0 Å². The number of aryl methyl sites for hydroxylation is 1. The fourth-order valence-electron chi connectivity index (χ4n) is 6.11. The summed E-state index contributed by atoms with van der Waals surface area (Å²) in [5, 5.41) is 24.8. The first-order valence-electron chi connectivity index (χ1n) is 17.9. The summed E-state index contributed by atoms with van der Waals surface area (Å²) in [7, 11) is 0. The van der Waals surface area contributed by atoms with Crippen LogP contribution in [0, 0.1) is 6.92 Å². The van der Waals surface area contributed by atoms with Crippen molar-refractivity contribution >= 4 is 46.3 Å². The van der Waals surface area contributed by atoms with E-state index in [0.29, 0.717) is 50.0 Å². The Labute approximate surface area is 318 Å². The summed E-state index contributed by atoms with van der Waals surface area (Å²) in [6, 6.07) is 31.5. The van der Waals surface area contributed by atoms with Crippen molar-refractivity contribution in [3.8, 4) is 11.1 Å². The third-order valence-corrected chi connectivity index (χ3v) is 11.1. The van der Waals surface area contributed by atoms with Crippen molar-refractivity contribution < 1.29 is 24.2 Å². The second-order valence-electron chi connectivity index (χ2n) is 13.0. The average Bonchev–Trinajstić information content (AvgIpc) is 3.61. The number of amides is 2. The number of carbonyl (C=O) groups is 2. The second kappa shape index (κ2) is 18.9. The van der Waals surface area contributed by atoms with Crippen molar-refractivity contribution in [3.05, 3.63) is 124 Å². The zero-order chi connectivity index (χ0) is 37.0. The van der Waals surface area contributed by atoms with Gasteiger partial charge in [-0.2, -0.15) is 0 Å². The lowest BCUT2D eigenvalue weighted by Gasteiger charge is -2.36. The Hall–Kier alpha value is -4.59. The van der Waals surface area contributed by atoms with E-state index in [2.05, 4.69) is 45.1 Å². The van der Waals surface area contributed by atoms with Crippen molar-refractivity contribution in [2.24, 2.45) is 0 Å². The molecule has 1 fully saturated rings. The number of nitrogens with zero attached hydrogens (tertiary/aromatic N) is 2. The van der Waals surface area contributed by atoms with E-state index in [1.807, 2.05) is 67.6 Å². The molecule has 5 N–H and O–H groups in total. The van der Waals surface area contributed by atoms with Crippen LogP contribution in [0.15, 0.2) is 101 Å². The molecular weight excluding hydrogens is 707 g/mol. The number of nitrogen functional groups attached to an aromatic ring is 1. The quantitative estimate of drug-likeness (QED) is 0.0446. The number of benzene rings is 4. The summed E-state index contributed by atoms with van der Waals surface area (Å²) in [5.41, 5.74) is 12.9. The standard InChI is InChI=1S/C41H45N5O5S2/c1-27-45-46-41(53-27)52-26-34-23-37(30-19-17-28(25-47)18-20-30)51-40(50-34)33-12-8-11-32(22-33)31-10-7-9-29(21-31)24-43-38(48)15-3-2-4-16-39(49)44-36-14-6-5-13-35(36)42/h5-14,17-22,34,37,40,47H,2-4,15-16,23-26,42H2,1H3,(H,43,48)(H,44,49). The fourth-order valence-corrected chi connectivity index (χ4v) is 7.97. The highest BCUT2D eigenvalue weighted by Crippen LogP contribution is 2.40. The molecule has 0 radical (unpaired) electrons. The van der Waals surface area contributed by atoms with Crippen LogP contribution < -0.4 is 16.4 Å². The summed E-state index contributed by atoms with van der Waals surface area (Å²) in [5.74, 6) is 0.625. The van der Waals surface area contributed by atoms with E-state index in [0.717, 1.165) is 54.9 Å². The molecule has 0 bridgehead atoms. The van der Waals surface area contributed by atoms with Crippen LogP contribution in [0.5, 0.6) is 0 Å². The zero-order valence-electron chi connectivity index (χ0n) is 29.7. The molecule has 53 heavy (non-hydrogen) atoms. The number of carbonyl (C=O) groups excluding carboxylic acids is 2. The van der Waals surface area contributed by atoms with E-state index in [1.165, 1.54) is 0 Å². The molecule has 0 spiro atoms. The number of aliphatic hydroxyl groups is 1. The Kier molecular flexibility index (Phi) is 13.6. The van der Waals surface area contributed by atoms with Crippen LogP contribution in [-0.2, 0) is 32.2 Å². The summed E-state index contributed by atoms with van der Waals surface area (Å²) in [4.78, 5) is 24.9. The topological polar surface area (TPSA) is 149 Å². The molecule has 3 atom stereocenters. The molecule has 276 valence electrons. The molecule has 4 aromatic carbocycles. The second-order valence-corrected chi connectivity index (χ2v) is 15.5. The number of hydrogen-bond donors (Lipinski definition) is 4. The van der Waals surface area contributed by atoms with Crippen molar-refractivity contribution in [2.75, 3.05) is 16.8 Å². The molecule has 2 amide bonds. The van der Waals surface area contributed by atoms with Crippen molar-refractivity contribution in [3.63, 3.8) is 0 Å². The number of thioether (sulfide) groups is 1. The van der Waals surface area contributed by atoms with Gasteiger partial charge in [0.05, 0.1) is 30.2 Å². The van der Waals surface area contributed by atoms with Crippen LogP contribution in [0.1, 0.15) is 78.2 Å². The molecule has 2 heterocycles. The van der Waals surface area contributed by atoms with Gasteiger partial charge in [0.1, 0.15) is 5.01 Å². The van der Waals surface area contributed by atoms with Crippen LogP contribution in [0.2, 0.25) is 0 Å². The van der Waals surface area contributed by atoms with E-state index in [4.69, 9.17) is 15.2 Å². The summed E-state index contributed by atoms with van der Waals surface area (Å²) >= 11 is 3.23. The van der Waals surface area contributed by atoms with Gasteiger partial charge in [0.25, 0.3) is 0 Å². The fraction of sp³-hybridized carbons (Fsp3) is 0.317. The first-order valence-corrected chi connectivity index (χ1v) is 19.7. The summed E-state index contributed by atoms with van der Waals surface area (Å²) in [6.45, 7) is 2.37. The molecule has 10 nitrogen and oxygen atoms in total. The number of unbranched alkanes of at least 4 members (excludes halogenated alkanes) is 2. The Balaban J connectivity index is 1.02. The average molecular weight is 752 g/mol. The van der Waals surface area contributed by atoms with Gasteiger partial charge in [-0.25, -0.2) is 0 Å². The first-order chi connectivity index (χ1) is 25.8. The Morgan fingerprint density at radius 1 is 0.849 bits per heavy atom. The Morgan fingerprint density at radius 2 is 1.60 bits per heavy atom. The molecule has 6 rings (SSSR count). The van der Waals surface area contributed by atoms with Crippen LogP contribution >= 0.6 is 23.1 Å². The smallest absolute Gasteiger partial charge is 0.224 e. The van der Waals surface area contributed by atoms with E-state index in [1.54, 1.807) is 35.2 Å². The normalized spacial score (nSPS) is 17.0. The molecule has 5 aromatic rings. The van der Waals surface area contributed by atoms with Gasteiger partial charge in [-0.15, -0.1) is 10.2 Å². The van der Waals surface area contributed by atoms with E-state index >= 15 is 0 Å². The lowest BCUT2D eigenvalue weighted by Crippen LogP contribution is -2.31. The van der Waals surface area contributed by atoms with Gasteiger partial charge in [-0.1, -0.05) is 102 Å². The maximum atomic E-state index is 12.6. The maximum Gasteiger partial charge on any atom is 0.224 e. The van der Waals surface area contributed by atoms with Gasteiger partial charge >= 0.3 is 0 Å². The minimum absolute atomic E-state index is 0.00596. The number of para-hydroxylation sites is 2. The molecule has 1 aromatic heterocycles. The molecular formula is C41H45N5O5S2. The Bertz CT molecular complexity index is 1970.